The van der Waals surface area contributed by atoms with Gasteiger partial charge in [-0.25, -0.2) is 0 Å². The van der Waals surface area contributed by atoms with Crippen LogP contribution in [0.15, 0.2) is 0 Å². The lowest BCUT2D eigenvalue weighted by atomic mass is 10.3. The van der Waals surface area contributed by atoms with E-state index < -0.39 is 0 Å². The van der Waals surface area contributed by atoms with Crippen LogP contribution in [-0.2, 0) is 18.9 Å². The molecule has 31 heavy (non-hydrogen) atoms. The quantitative estimate of drug-likeness (QED) is 0.438. The van der Waals surface area contributed by atoms with Crippen LogP contribution >= 0.6 is 0 Å². The summed E-state index contributed by atoms with van der Waals surface area (Å²) in [5, 5.41) is 0. The van der Waals surface area contributed by atoms with Crippen LogP contribution in [0.25, 0.3) is 0 Å². The molecule has 2 saturated heterocycles. The standard InChI is InChI=1S/C11H23NO2.C8H17NO2.3C2H6/c1-11(2)14-8-4-3-5-12-6-9-13-10-7-12;1-10-6-2-3-9-4-7-11-8-5-9;3*1-2/h11H,3-10H2,1-2H3;2-8H2,1H3;3*1-2H3. The van der Waals surface area contributed by atoms with Crippen LogP contribution in [0.4, 0.5) is 0 Å². The van der Waals surface area contributed by atoms with Crippen LogP contribution in [0.1, 0.15) is 74.7 Å². The maximum Gasteiger partial charge on any atom is 0.0594 e. The molecule has 2 aliphatic heterocycles. The van der Waals surface area contributed by atoms with E-state index in [0.29, 0.717) is 6.10 Å². The molecule has 2 heterocycles. The molecule has 6 nitrogen and oxygen atoms in total. The monoisotopic (exact) mass is 450 g/mol. The molecule has 0 aromatic carbocycles. The van der Waals surface area contributed by atoms with E-state index in [4.69, 9.17) is 18.9 Å². The highest BCUT2D eigenvalue weighted by molar-refractivity contribution is 4.62. The molecule has 0 bridgehead atoms. The van der Waals surface area contributed by atoms with Crippen LogP contribution in [0.3, 0.4) is 0 Å². The summed E-state index contributed by atoms with van der Waals surface area (Å²) in [7, 11) is 1.75. The smallest absolute Gasteiger partial charge is 0.0594 e. The second kappa shape index (κ2) is 31.9. The minimum Gasteiger partial charge on any atom is -0.385 e. The molecular formula is C25H58N2O4. The normalized spacial score (nSPS) is 16.5. The van der Waals surface area contributed by atoms with Crippen LogP contribution in [0.2, 0.25) is 0 Å². The molecule has 0 N–H and O–H groups in total. The Morgan fingerprint density at radius 1 is 0.645 bits per heavy atom. The summed E-state index contributed by atoms with van der Waals surface area (Å²) < 4.78 is 21.0. The van der Waals surface area contributed by atoms with Gasteiger partial charge in [-0.3, -0.25) is 9.80 Å². The van der Waals surface area contributed by atoms with E-state index in [2.05, 4.69) is 23.6 Å². The van der Waals surface area contributed by atoms with Gasteiger partial charge in [0.15, 0.2) is 0 Å². The molecule has 2 fully saturated rings. The molecule has 0 aliphatic carbocycles. The van der Waals surface area contributed by atoms with E-state index in [1.54, 1.807) is 7.11 Å². The van der Waals surface area contributed by atoms with Crippen molar-refractivity contribution in [3.63, 3.8) is 0 Å². The minimum absolute atomic E-state index is 0.374. The zero-order chi connectivity index (χ0) is 24.2. The SMILES string of the molecule is CC.CC.CC.CC(C)OCCCCN1CCOCC1.COCCCN1CCOCC1. The van der Waals surface area contributed by atoms with Crippen molar-refractivity contribution in [3.8, 4) is 0 Å². The Morgan fingerprint density at radius 2 is 1.06 bits per heavy atom. The molecule has 0 amide bonds. The lowest BCUT2D eigenvalue weighted by Gasteiger charge is -2.26. The Kier molecular flexibility index (Phi) is 36.4. The van der Waals surface area contributed by atoms with Crippen LogP contribution in [0, 0.1) is 0 Å². The predicted octanol–water partition coefficient (Wildman–Crippen LogP) is 4.96. The van der Waals surface area contributed by atoms with E-state index in [1.807, 2.05) is 41.5 Å². The summed E-state index contributed by atoms with van der Waals surface area (Å²) in [5.41, 5.74) is 0. The van der Waals surface area contributed by atoms with Crippen molar-refractivity contribution in [2.45, 2.75) is 80.8 Å². The van der Waals surface area contributed by atoms with Crippen molar-refractivity contribution in [1.82, 2.24) is 9.80 Å². The van der Waals surface area contributed by atoms with Gasteiger partial charge in [-0.05, 0) is 39.7 Å². The zero-order valence-corrected chi connectivity index (χ0v) is 22.7. The number of unbranched alkanes of at least 4 members (excludes halogenated alkanes) is 1. The highest BCUT2D eigenvalue weighted by Crippen LogP contribution is 2.01. The largest absolute Gasteiger partial charge is 0.385 e. The molecule has 2 rings (SSSR count). The maximum atomic E-state index is 5.49. The number of rotatable bonds is 10. The third-order valence-corrected chi connectivity index (χ3v) is 4.35. The topological polar surface area (TPSA) is 43.4 Å². The van der Waals surface area contributed by atoms with Gasteiger partial charge in [0.1, 0.15) is 0 Å². The number of hydrogen-bond acceptors (Lipinski definition) is 6. The third-order valence-electron chi connectivity index (χ3n) is 4.35. The molecule has 0 aromatic heterocycles. The molecule has 0 radical (unpaired) electrons. The average Bonchev–Trinajstić information content (AvgIpc) is 2.84. The molecule has 0 saturated carbocycles. The van der Waals surface area contributed by atoms with Crippen molar-refractivity contribution >= 4 is 0 Å². The lowest BCUT2D eigenvalue weighted by molar-refractivity contribution is 0.0338. The van der Waals surface area contributed by atoms with Gasteiger partial charge in [0.05, 0.1) is 32.5 Å². The number of methoxy groups -OCH3 is 1. The highest BCUT2D eigenvalue weighted by atomic mass is 16.5. The third kappa shape index (κ3) is 27.7. The summed E-state index contributed by atoms with van der Waals surface area (Å²) in [6.07, 6.45) is 3.93. The molecule has 0 unspecified atom stereocenters. The molecule has 6 heteroatoms. The van der Waals surface area contributed by atoms with Gasteiger partial charge in [-0.15, -0.1) is 0 Å². The minimum atomic E-state index is 0.374. The summed E-state index contributed by atoms with van der Waals surface area (Å²) in [4.78, 5) is 4.89. The first kappa shape index (κ1) is 35.4. The van der Waals surface area contributed by atoms with Gasteiger partial charge in [0, 0.05) is 53.0 Å². The van der Waals surface area contributed by atoms with E-state index in [-0.39, 0.29) is 0 Å². The fraction of sp³-hybridized carbons (Fsp3) is 1.00. The van der Waals surface area contributed by atoms with Gasteiger partial charge in [0.2, 0.25) is 0 Å². The first-order valence-corrected chi connectivity index (χ1v) is 12.9. The fourth-order valence-electron chi connectivity index (χ4n) is 2.84. The predicted molar refractivity (Wildman–Crippen MR) is 135 cm³/mol. The van der Waals surface area contributed by atoms with E-state index >= 15 is 0 Å². The van der Waals surface area contributed by atoms with Gasteiger partial charge in [-0.1, -0.05) is 41.5 Å². The fourth-order valence-corrected chi connectivity index (χ4v) is 2.84. The van der Waals surface area contributed by atoms with Gasteiger partial charge in [-0.2, -0.15) is 0 Å². The average molecular weight is 451 g/mol. The molecule has 2 aliphatic rings. The number of morpholine rings is 2. The van der Waals surface area contributed by atoms with Crippen LogP contribution in [0.5, 0.6) is 0 Å². The van der Waals surface area contributed by atoms with Crippen molar-refractivity contribution in [2.24, 2.45) is 0 Å². The summed E-state index contributed by atoms with van der Waals surface area (Å²) >= 11 is 0. The van der Waals surface area contributed by atoms with Crippen molar-refractivity contribution in [2.75, 3.05) is 86.0 Å². The van der Waals surface area contributed by atoms with Gasteiger partial charge >= 0.3 is 0 Å². The maximum absolute atomic E-state index is 5.49. The molecular weight excluding hydrogens is 392 g/mol. The summed E-state index contributed by atoms with van der Waals surface area (Å²) in [5.74, 6) is 0. The Bertz CT molecular complexity index is 283. The van der Waals surface area contributed by atoms with E-state index in [0.717, 1.165) is 78.8 Å². The summed E-state index contributed by atoms with van der Waals surface area (Å²) in [6, 6.07) is 0. The van der Waals surface area contributed by atoms with Crippen LogP contribution < -0.4 is 0 Å². The van der Waals surface area contributed by atoms with Crippen LogP contribution in [-0.4, -0.2) is 102 Å². The van der Waals surface area contributed by atoms with Crippen molar-refractivity contribution in [3.05, 3.63) is 0 Å². The second-order valence-corrected chi connectivity index (χ2v) is 6.88. The second-order valence-electron chi connectivity index (χ2n) is 6.88. The summed E-state index contributed by atoms with van der Waals surface area (Å²) in [6.45, 7) is 28.3. The van der Waals surface area contributed by atoms with E-state index in [1.165, 1.54) is 19.4 Å². The first-order valence-electron chi connectivity index (χ1n) is 12.9. The number of ether oxygens (including phenoxy) is 4. The highest BCUT2D eigenvalue weighted by Gasteiger charge is 2.09. The Hall–Kier alpha value is -0.240. The number of nitrogens with zero attached hydrogens (tertiary/aromatic N) is 2. The van der Waals surface area contributed by atoms with Crippen molar-refractivity contribution < 1.29 is 18.9 Å². The van der Waals surface area contributed by atoms with E-state index in [9.17, 15) is 0 Å². The number of hydrogen-bond donors (Lipinski definition) is 0. The Morgan fingerprint density at radius 3 is 1.45 bits per heavy atom. The van der Waals surface area contributed by atoms with Gasteiger partial charge in [0.25, 0.3) is 0 Å². The zero-order valence-electron chi connectivity index (χ0n) is 22.7. The lowest BCUT2D eigenvalue weighted by Crippen LogP contribution is -2.37. The molecule has 0 aromatic rings. The van der Waals surface area contributed by atoms with Gasteiger partial charge < -0.3 is 18.9 Å². The molecule has 0 atom stereocenters. The molecule has 192 valence electrons. The Labute approximate surface area is 195 Å². The van der Waals surface area contributed by atoms with Crippen molar-refractivity contribution in [1.29, 1.82) is 0 Å². The molecule has 0 spiro atoms. The Balaban J connectivity index is -0.000000414. The first-order chi connectivity index (χ1) is 15.2.